The third-order valence-corrected chi connectivity index (χ3v) is 11.0. The van der Waals surface area contributed by atoms with Gasteiger partial charge in [-0.1, -0.05) is 0 Å². The zero-order valence-corrected chi connectivity index (χ0v) is 11.8. The van der Waals surface area contributed by atoms with Crippen molar-refractivity contribution in [1.29, 1.82) is 0 Å². The van der Waals surface area contributed by atoms with E-state index in [9.17, 15) is 0 Å². The molecular formula is C11H24GeO2. The predicted octanol–water partition coefficient (Wildman–Crippen LogP) is 3.47. The molecule has 0 radical (unpaired) electrons. The Kier molecular flexibility index (Phi) is 6.14. The van der Waals surface area contributed by atoms with E-state index in [1.807, 2.05) is 0 Å². The van der Waals surface area contributed by atoms with E-state index in [1.54, 1.807) is 0 Å². The van der Waals surface area contributed by atoms with Gasteiger partial charge >= 0.3 is 91.1 Å². The SMILES string of the molecule is CC[O][Ge]1([O]CC)[CH2]CCCCC[CH2]1. The normalized spacial score (nSPS) is 22.7. The first kappa shape index (κ1) is 12.5. The van der Waals surface area contributed by atoms with Gasteiger partial charge in [-0.05, 0) is 0 Å². The maximum absolute atomic E-state index is 6.01. The van der Waals surface area contributed by atoms with Gasteiger partial charge in [0, 0.05) is 0 Å². The summed E-state index contributed by atoms with van der Waals surface area (Å²) in [5.41, 5.74) is 0. The van der Waals surface area contributed by atoms with Crippen molar-refractivity contribution < 1.29 is 7.53 Å². The van der Waals surface area contributed by atoms with Crippen LogP contribution in [0.4, 0.5) is 0 Å². The molecule has 0 aromatic carbocycles. The second-order valence-electron chi connectivity index (χ2n) is 4.04. The van der Waals surface area contributed by atoms with Crippen molar-refractivity contribution in [2.75, 3.05) is 13.2 Å². The van der Waals surface area contributed by atoms with Crippen LogP contribution in [0.2, 0.25) is 10.5 Å². The maximum atomic E-state index is 6.01. The van der Waals surface area contributed by atoms with Crippen molar-refractivity contribution in [3.63, 3.8) is 0 Å². The van der Waals surface area contributed by atoms with Crippen LogP contribution in [-0.2, 0) is 7.53 Å². The van der Waals surface area contributed by atoms with Gasteiger partial charge in [0.25, 0.3) is 0 Å². The molecule has 0 bridgehead atoms. The summed E-state index contributed by atoms with van der Waals surface area (Å²) < 4.78 is 12.0. The Balaban J connectivity index is 2.50. The van der Waals surface area contributed by atoms with E-state index in [-0.39, 0.29) is 0 Å². The van der Waals surface area contributed by atoms with Crippen LogP contribution in [0, 0.1) is 0 Å². The van der Waals surface area contributed by atoms with Crippen LogP contribution in [-0.4, -0.2) is 27.2 Å². The van der Waals surface area contributed by atoms with E-state index in [0.29, 0.717) is 0 Å². The van der Waals surface area contributed by atoms with Crippen molar-refractivity contribution in [3.05, 3.63) is 0 Å². The molecule has 1 rings (SSSR count). The molecule has 0 aromatic heterocycles. The van der Waals surface area contributed by atoms with Gasteiger partial charge in [0.1, 0.15) is 0 Å². The van der Waals surface area contributed by atoms with Gasteiger partial charge < -0.3 is 0 Å². The van der Waals surface area contributed by atoms with E-state index >= 15 is 0 Å². The van der Waals surface area contributed by atoms with Crippen LogP contribution in [0.1, 0.15) is 46.0 Å². The molecule has 0 atom stereocenters. The van der Waals surface area contributed by atoms with E-state index in [2.05, 4.69) is 13.8 Å². The third kappa shape index (κ3) is 3.91. The van der Waals surface area contributed by atoms with Gasteiger partial charge in [-0.25, -0.2) is 0 Å². The summed E-state index contributed by atoms with van der Waals surface area (Å²) in [7, 11) is 0. The Morgan fingerprint density at radius 2 is 1.21 bits per heavy atom. The van der Waals surface area contributed by atoms with Gasteiger partial charge in [-0.15, -0.1) is 0 Å². The van der Waals surface area contributed by atoms with E-state index in [1.165, 1.54) is 42.6 Å². The Bertz CT molecular complexity index is 134. The van der Waals surface area contributed by atoms with Crippen molar-refractivity contribution in [3.8, 4) is 0 Å². The Labute approximate surface area is 91.4 Å². The average molecular weight is 261 g/mol. The van der Waals surface area contributed by atoms with Crippen LogP contribution >= 0.6 is 0 Å². The second kappa shape index (κ2) is 6.86. The number of rotatable bonds is 4. The topological polar surface area (TPSA) is 18.5 Å². The molecular weight excluding hydrogens is 237 g/mol. The monoisotopic (exact) mass is 262 g/mol. The Morgan fingerprint density at radius 1 is 0.786 bits per heavy atom. The fourth-order valence-corrected chi connectivity index (χ4v) is 9.73. The van der Waals surface area contributed by atoms with Crippen LogP contribution < -0.4 is 0 Å². The van der Waals surface area contributed by atoms with Crippen LogP contribution in [0.15, 0.2) is 0 Å². The molecule has 0 amide bonds. The number of hydrogen-bond donors (Lipinski definition) is 0. The molecule has 0 aromatic rings. The second-order valence-corrected chi connectivity index (χ2v) is 11.2. The molecule has 1 saturated heterocycles. The van der Waals surface area contributed by atoms with Gasteiger partial charge in [0.15, 0.2) is 0 Å². The van der Waals surface area contributed by atoms with Crippen molar-refractivity contribution in [2.24, 2.45) is 0 Å². The molecule has 0 aliphatic carbocycles. The summed E-state index contributed by atoms with van der Waals surface area (Å²) in [6.45, 7) is 5.90. The van der Waals surface area contributed by atoms with E-state index in [0.717, 1.165) is 13.2 Å². The molecule has 84 valence electrons. The molecule has 2 nitrogen and oxygen atoms in total. The summed E-state index contributed by atoms with van der Waals surface area (Å²) in [6.07, 6.45) is 6.84. The molecule has 0 N–H and O–H groups in total. The zero-order chi connectivity index (χ0) is 10.3. The van der Waals surface area contributed by atoms with Gasteiger partial charge in [-0.2, -0.15) is 0 Å². The Morgan fingerprint density at radius 3 is 1.64 bits per heavy atom. The number of hydrogen-bond acceptors (Lipinski definition) is 2. The fourth-order valence-electron chi connectivity index (χ4n) is 2.30. The summed E-state index contributed by atoms with van der Waals surface area (Å²) in [5, 5.41) is 2.53. The summed E-state index contributed by atoms with van der Waals surface area (Å²) in [6, 6.07) is 0. The first-order valence-electron chi connectivity index (χ1n) is 6.11. The molecule has 14 heavy (non-hydrogen) atoms. The molecule has 0 unspecified atom stereocenters. The molecule has 0 spiro atoms. The van der Waals surface area contributed by atoms with Crippen LogP contribution in [0.3, 0.4) is 0 Å². The zero-order valence-electron chi connectivity index (χ0n) is 9.68. The predicted molar refractivity (Wildman–Crippen MR) is 61.7 cm³/mol. The van der Waals surface area contributed by atoms with Crippen molar-refractivity contribution in [2.45, 2.75) is 56.5 Å². The molecule has 3 heteroatoms. The average Bonchev–Trinajstić information content (AvgIpc) is 2.12. The van der Waals surface area contributed by atoms with Crippen LogP contribution in [0.5, 0.6) is 0 Å². The molecule has 1 aliphatic heterocycles. The van der Waals surface area contributed by atoms with E-state index < -0.39 is 13.9 Å². The van der Waals surface area contributed by atoms with Gasteiger partial charge in [-0.3, -0.25) is 0 Å². The third-order valence-electron chi connectivity index (χ3n) is 2.93. The Hall–Kier alpha value is 0.463. The first-order chi connectivity index (χ1) is 6.83. The molecule has 1 fully saturated rings. The minimum atomic E-state index is -2.30. The first-order valence-corrected chi connectivity index (χ1v) is 10.8. The van der Waals surface area contributed by atoms with E-state index in [4.69, 9.17) is 7.53 Å². The molecule has 0 saturated carbocycles. The van der Waals surface area contributed by atoms with Gasteiger partial charge in [0.05, 0.1) is 0 Å². The molecule has 1 heterocycles. The summed E-state index contributed by atoms with van der Waals surface area (Å²) >= 11 is -2.30. The van der Waals surface area contributed by atoms with Gasteiger partial charge in [0.2, 0.25) is 0 Å². The quantitative estimate of drug-likeness (QED) is 0.721. The molecule has 1 aliphatic rings. The van der Waals surface area contributed by atoms with Crippen molar-refractivity contribution in [1.82, 2.24) is 0 Å². The summed E-state index contributed by atoms with van der Waals surface area (Å²) in [4.78, 5) is 0. The van der Waals surface area contributed by atoms with Crippen molar-refractivity contribution >= 4 is 13.9 Å². The standard InChI is InChI=1S/C11H24GeO2/c1-3-13-12(14-4-2)10-8-6-5-7-9-11-12/h3-11H2,1-2H3. The summed E-state index contributed by atoms with van der Waals surface area (Å²) in [5.74, 6) is 0. The fraction of sp³-hybridized carbons (Fsp3) is 1.00. The van der Waals surface area contributed by atoms with Crippen LogP contribution in [0.25, 0.3) is 0 Å². The minimum absolute atomic E-state index is 0.847.